The van der Waals surface area contributed by atoms with E-state index in [-0.39, 0.29) is 82.0 Å². The maximum absolute atomic E-state index is 14.7. The van der Waals surface area contributed by atoms with Crippen LogP contribution >= 0.6 is 0 Å². The van der Waals surface area contributed by atoms with Crippen molar-refractivity contribution in [3.8, 4) is 0 Å². The minimum Gasteiger partial charge on any atom is -0.336 e. The quantitative estimate of drug-likeness (QED) is 0.304. The molecule has 7 atom stereocenters. The summed E-state index contributed by atoms with van der Waals surface area (Å²) in [6, 6.07) is 0. The number of alkyl halides is 2. The van der Waals surface area contributed by atoms with Crippen molar-refractivity contribution < 1.29 is 23.2 Å². The third kappa shape index (κ3) is 4.28. The Morgan fingerprint density at radius 3 is 2.32 bits per heavy atom. The lowest BCUT2D eigenvalue weighted by Crippen LogP contribution is -2.64. The Morgan fingerprint density at radius 2 is 1.68 bits per heavy atom. The summed E-state index contributed by atoms with van der Waals surface area (Å²) >= 11 is 0. The molecule has 0 aromatic rings. The number of hydrogen-bond acceptors (Lipinski definition) is 3. The number of carbonyl (C=O) groups is 3. The van der Waals surface area contributed by atoms with Gasteiger partial charge in [0, 0.05) is 36.1 Å². The lowest BCUT2D eigenvalue weighted by molar-refractivity contribution is -0.173. The first-order valence-corrected chi connectivity index (χ1v) is 16.8. The minimum atomic E-state index is -2.80. The van der Waals surface area contributed by atoms with Crippen LogP contribution in [0.25, 0.3) is 4.85 Å². The zero-order valence-corrected chi connectivity index (χ0v) is 27.7. The Labute approximate surface area is 262 Å². The van der Waals surface area contributed by atoms with Gasteiger partial charge in [-0.05, 0) is 90.9 Å². The second-order valence-corrected chi connectivity index (χ2v) is 17.5. The van der Waals surface area contributed by atoms with Gasteiger partial charge in [-0.3, -0.25) is 9.59 Å². The Hall–Kier alpha value is -2.36. The molecule has 1 aliphatic heterocycles. The van der Waals surface area contributed by atoms with Crippen molar-refractivity contribution in [2.75, 3.05) is 13.1 Å². The van der Waals surface area contributed by atoms with Crippen molar-refractivity contribution in [1.29, 1.82) is 0 Å². The minimum absolute atomic E-state index is 0.0144. The molecule has 7 heteroatoms. The number of rotatable bonds is 3. The zero-order valence-electron chi connectivity index (χ0n) is 27.7. The molecule has 5 nitrogen and oxygen atoms in total. The Bertz CT molecular complexity index is 1420. The van der Waals surface area contributed by atoms with Gasteiger partial charge >= 0.3 is 0 Å². The van der Waals surface area contributed by atoms with Gasteiger partial charge in [0.2, 0.25) is 11.6 Å². The Morgan fingerprint density at radius 1 is 1.00 bits per heavy atom. The lowest BCUT2D eigenvalue weighted by atomic mass is 9.34. The highest BCUT2D eigenvalue weighted by atomic mass is 19.3. The van der Waals surface area contributed by atoms with Crippen LogP contribution in [0.3, 0.4) is 0 Å². The van der Waals surface area contributed by atoms with Crippen LogP contribution in [0.1, 0.15) is 113 Å². The molecule has 5 aliphatic carbocycles. The summed E-state index contributed by atoms with van der Waals surface area (Å²) in [5.74, 6) is -2.97. The molecule has 0 aromatic carbocycles. The van der Waals surface area contributed by atoms with E-state index in [0.717, 1.165) is 50.5 Å². The van der Waals surface area contributed by atoms with E-state index in [0.29, 0.717) is 6.42 Å². The van der Waals surface area contributed by atoms with E-state index in [4.69, 9.17) is 6.57 Å². The maximum Gasteiger partial charge on any atom is 0.267 e. The highest BCUT2D eigenvalue weighted by molar-refractivity contribution is 6.03. The van der Waals surface area contributed by atoms with Crippen LogP contribution < -0.4 is 0 Å². The molecular formula is C37H50F2N2O3. The van der Waals surface area contributed by atoms with Crippen LogP contribution in [0.5, 0.6) is 0 Å². The summed E-state index contributed by atoms with van der Waals surface area (Å²) < 4.78 is 27.8. The van der Waals surface area contributed by atoms with Gasteiger partial charge in [-0.25, -0.2) is 13.6 Å². The topological polar surface area (TPSA) is 58.8 Å². The van der Waals surface area contributed by atoms with E-state index in [9.17, 15) is 23.2 Å². The summed E-state index contributed by atoms with van der Waals surface area (Å²) in [7, 11) is 0. The van der Waals surface area contributed by atoms with Crippen LogP contribution in [-0.4, -0.2) is 41.4 Å². The Kier molecular flexibility index (Phi) is 6.88. The number of ketones is 2. The van der Waals surface area contributed by atoms with Gasteiger partial charge in [0.1, 0.15) is 0 Å². The monoisotopic (exact) mass is 608 g/mol. The number of nitrogens with zero attached hydrogens (tertiary/aromatic N) is 2. The molecule has 4 fully saturated rings. The van der Waals surface area contributed by atoms with Crippen molar-refractivity contribution >= 4 is 17.5 Å². The summed E-state index contributed by atoms with van der Waals surface area (Å²) in [5, 5.41) is 0. The summed E-state index contributed by atoms with van der Waals surface area (Å²) in [5.41, 5.74) is -0.624. The molecule has 44 heavy (non-hydrogen) atoms. The van der Waals surface area contributed by atoms with Gasteiger partial charge in [0.05, 0.1) is 13.1 Å². The molecule has 0 N–H and O–H groups in total. The second kappa shape index (κ2) is 9.58. The fraction of sp³-hybridized carbons (Fsp3) is 0.784. The molecule has 3 saturated carbocycles. The molecular weight excluding hydrogens is 558 g/mol. The molecule has 6 aliphatic rings. The van der Waals surface area contributed by atoms with Crippen molar-refractivity contribution in [3.63, 3.8) is 0 Å². The number of fused-ring (bicyclic) bond motifs is 7. The second-order valence-electron chi connectivity index (χ2n) is 17.5. The predicted molar refractivity (Wildman–Crippen MR) is 165 cm³/mol. The van der Waals surface area contributed by atoms with Gasteiger partial charge in [-0.1, -0.05) is 60.1 Å². The van der Waals surface area contributed by atoms with E-state index in [1.165, 1.54) is 4.90 Å². The van der Waals surface area contributed by atoms with Crippen molar-refractivity contribution in [3.05, 3.63) is 34.8 Å². The molecule has 0 aromatic heterocycles. The van der Waals surface area contributed by atoms with Gasteiger partial charge in [0.25, 0.3) is 5.92 Å². The van der Waals surface area contributed by atoms with Crippen LogP contribution in [0.4, 0.5) is 8.78 Å². The largest absolute Gasteiger partial charge is 0.336 e. The molecule has 0 bridgehead atoms. The third-order valence-electron chi connectivity index (χ3n) is 14.4. The first-order chi connectivity index (χ1) is 20.3. The van der Waals surface area contributed by atoms with E-state index < -0.39 is 23.3 Å². The maximum atomic E-state index is 14.7. The van der Waals surface area contributed by atoms with E-state index in [2.05, 4.69) is 39.5 Å². The molecule has 1 saturated heterocycles. The number of likely N-dealkylation sites (tertiary alicyclic amines) is 1. The fourth-order valence-corrected chi connectivity index (χ4v) is 11.6. The normalized spacial score (nSPS) is 43.5. The van der Waals surface area contributed by atoms with Gasteiger partial charge in [-0.15, -0.1) is 0 Å². The highest BCUT2D eigenvalue weighted by Gasteiger charge is 2.69. The van der Waals surface area contributed by atoms with E-state index in [1.54, 1.807) is 0 Å². The molecule has 0 unspecified atom stereocenters. The zero-order chi connectivity index (χ0) is 32.3. The number of allylic oxidation sites excluding steroid dienone is 4. The smallest absolute Gasteiger partial charge is 0.267 e. The molecule has 1 heterocycles. The number of amides is 1. The molecule has 240 valence electrons. The number of halogens is 2. The molecule has 6 rings (SSSR count). The third-order valence-corrected chi connectivity index (χ3v) is 14.4. The lowest BCUT2D eigenvalue weighted by Gasteiger charge is -2.69. The molecule has 0 radical (unpaired) electrons. The van der Waals surface area contributed by atoms with Crippen molar-refractivity contribution in [2.24, 2.45) is 50.2 Å². The van der Waals surface area contributed by atoms with Crippen LogP contribution in [0, 0.1) is 56.8 Å². The van der Waals surface area contributed by atoms with Crippen molar-refractivity contribution in [1.82, 2.24) is 4.90 Å². The average Bonchev–Trinajstić information content (AvgIpc) is 3.30. The standard InChI is InChI=1S/C37H50F2N2O3/c1-31(2)13-15-36(12-10-28(43)41-18-17-37(38,39)22-41)16-14-35(7)29(23(36)20-31)25(42)19-27-33(5)21-24(40-8)30(44)32(3,4)26(33)9-11-34(27,35)6/h19,21,23,26,29H,9-18,20,22H2,1-7H3/t23-,26-,29-,33-,34+,35+,36+/m0/s1. The average molecular weight is 609 g/mol. The van der Waals surface area contributed by atoms with Gasteiger partial charge in [0.15, 0.2) is 11.6 Å². The van der Waals surface area contributed by atoms with Crippen LogP contribution in [0.2, 0.25) is 0 Å². The summed E-state index contributed by atoms with van der Waals surface area (Å²) in [6.45, 7) is 22.8. The number of Topliss-reactive ketones (excluding diaryl/α,β-unsaturated/α-hetero) is 1. The highest BCUT2D eigenvalue weighted by Crippen LogP contribution is 2.75. The van der Waals surface area contributed by atoms with Gasteiger partial charge in [-0.2, -0.15) is 0 Å². The first-order valence-electron chi connectivity index (χ1n) is 16.8. The SMILES string of the molecule is [C-]#[N+]C1=C[C@]2(C)C3=CC(=O)[C@@H]4[C@@H]5CC(C)(C)CC[C@]5(CCC(=O)N5CCC(F)(F)C5)CC[C@@]4(C)[C@]3(C)CC[C@H]2C(C)(C)C1=O. The van der Waals surface area contributed by atoms with E-state index in [1.807, 2.05) is 26.0 Å². The number of hydrogen-bond donors (Lipinski definition) is 0. The number of carbonyl (C=O) groups excluding carboxylic acids is 3. The van der Waals surface area contributed by atoms with Gasteiger partial charge < -0.3 is 9.69 Å². The predicted octanol–water partition coefficient (Wildman–Crippen LogP) is 8.21. The van der Waals surface area contributed by atoms with Crippen LogP contribution in [-0.2, 0) is 14.4 Å². The Balaban J connectivity index is 1.39. The van der Waals surface area contributed by atoms with Crippen LogP contribution in [0.15, 0.2) is 23.4 Å². The van der Waals surface area contributed by atoms with Crippen molar-refractivity contribution in [2.45, 2.75) is 119 Å². The molecule has 1 amide bonds. The van der Waals surface area contributed by atoms with E-state index >= 15 is 0 Å². The summed E-state index contributed by atoms with van der Waals surface area (Å²) in [6.07, 6.45) is 10.9. The summed E-state index contributed by atoms with van der Waals surface area (Å²) in [4.78, 5) is 46.2. The molecule has 0 spiro atoms. The first kappa shape index (κ1) is 31.6. The fourth-order valence-electron chi connectivity index (χ4n) is 11.6.